The van der Waals surface area contributed by atoms with Crippen LogP contribution >= 0.6 is 9.24 Å². The van der Waals surface area contributed by atoms with E-state index in [9.17, 15) is 9.82 Å². The minimum Gasteiger partial charge on any atom is -0.423 e. The number of amides is 1. The van der Waals surface area contributed by atoms with Gasteiger partial charge >= 0.3 is 7.12 Å². The number of benzene rings is 1. The molecular formula is C16H28BN2O3P. The number of hydrogen-bond acceptors (Lipinski definition) is 4. The Morgan fingerprint density at radius 2 is 2.13 bits per heavy atom. The highest BCUT2D eigenvalue weighted by Gasteiger charge is 2.31. The number of fused-ring (bicyclic) bond motifs is 1. The summed E-state index contributed by atoms with van der Waals surface area (Å²) in [5.74, 6) is -0.213. The van der Waals surface area contributed by atoms with E-state index in [4.69, 9.17) is 4.65 Å². The SMILES string of the molecule is C.CCC(NNC(=O)c1ccc2c(c1P)B(O)OC2)C(C)(C)C. The predicted molar refractivity (Wildman–Crippen MR) is 99.0 cm³/mol. The first kappa shape index (κ1) is 20.1. The molecule has 0 saturated heterocycles. The van der Waals surface area contributed by atoms with Gasteiger partial charge in [-0.25, -0.2) is 5.43 Å². The predicted octanol–water partition coefficient (Wildman–Crippen LogP) is 1.10. The van der Waals surface area contributed by atoms with Gasteiger partial charge in [0.2, 0.25) is 0 Å². The fourth-order valence-corrected chi connectivity index (χ4v) is 3.26. The first-order chi connectivity index (χ1) is 10.3. The van der Waals surface area contributed by atoms with E-state index < -0.39 is 7.12 Å². The van der Waals surface area contributed by atoms with Crippen LogP contribution in [-0.4, -0.2) is 24.1 Å². The van der Waals surface area contributed by atoms with E-state index in [-0.39, 0.29) is 24.8 Å². The summed E-state index contributed by atoms with van der Waals surface area (Å²) in [7, 11) is 1.58. The van der Waals surface area contributed by atoms with Crippen LogP contribution in [0.25, 0.3) is 0 Å². The van der Waals surface area contributed by atoms with Crippen LogP contribution in [-0.2, 0) is 11.3 Å². The molecule has 0 fully saturated rings. The molecule has 0 saturated carbocycles. The maximum Gasteiger partial charge on any atom is 0.492 e. The molecule has 2 rings (SSSR count). The summed E-state index contributed by atoms with van der Waals surface area (Å²) in [5, 5.41) is 10.5. The highest BCUT2D eigenvalue weighted by atomic mass is 31.0. The molecule has 128 valence electrons. The van der Waals surface area contributed by atoms with Crippen LogP contribution in [0.15, 0.2) is 12.1 Å². The first-order valence-corrected chi connectivity index (χ1v) is 8.10. The van der Waals surface area contributed by atoms with E-state index in [1.165, 1.54) is 0 Å². The molecule has 1 heterocycles. The van der Waals surface area contributed by atoms with Gasteiger partial charge in [0.05, 0.1) is 6.61 Å². The summed E-state index contributed by atoms with van der Waals surface area (Å²) < 4.78 is 5.19. The number of hydrogen-bond donors (Lipinski definition) is 3. The second-order valence-electron chi connectivity index (χ2n) is 6.69. The summed E-state index contributed by atoms with van der Waals surface area (Å²) in [6.45, 7) is 8.85. The highest BCUT2D eigenvalue weighted by molar-refractivity contribution is 7.29. The summed E-state index contributed by atoms with van der Waals surface area (Å²) in [6.07, 6.45) is 0.911. The second kappa shape index (κ2) is 7.76. The molecule has 23 heavy (non-hydrogen) atoms. The maximum absolute atomic E-state index is 12.4. The number of nitrogens with one attached hydrogen (secondary N) is 2. The second-order valence-corrected chi connectivity index (χ2v) is 7.27. The third kappa shape index (κ3) is 4.33. The maximum atomic E-state index is 12.4. The first-order valence-electron chi connectivity index (χ1n) is 7.52. The Hall–Kier alpha value is -0.935. The van der Waals surface area contributed by atoms with Crippen molar-refractivity contribution < 1.29 is 14.5 Å². The average Bonchev–Trinajstić information content (AvgIpc) is 2.80. The van der Waals surface area contributed by atoms with Crippen molar-refractivity contribution in [3.63, 3.8) is 0 Å². The average molecular weight is 338 g/mol. The van der Waals surface area contributed by atoms with Gasteiger partial charge in [-0.15, -0.1) is 9.24 Å². The Morgan fingerprint density at radius 3 is 2.70 bits per heavy atom. The van der Waals surface area contributed by atoms with Crippen molar-refractivity contribution in [1.82, 2.24) is 10.9 Å². The van der Waals surface area contributed by atoms with Crippen molar-refractivity contribution in [1.29, 1.82) is 0 Å². The van der Waals surface area contributed by atoms with Crippen LogP contribution in [0.2, 0.25) is 0 Å². The van der Waals surface area contributed by atoms with Crippen LogP contribution < -0.4 is 21.6 Å². The van der Waals surface area contributed by atoms with E-state index in [2.05, 4.69) is 47.8 Å². The van der Waals surface area contributed by atoms with Gasteiger partial charge in [-0.05, 0) is 34.2 Å². The minimum absolute atomic E-state index is 0. The Morgan fingerprint density at radius 1 is 1.48 bits per heavy atom. The standard InChI is InChI=1S/C15H24BN2O3P.CH4/c1-5-11(15(2,3)4)17-18-14(19)10-7-6-9-8-21-16(20)12(9)13(10)22;/h6-7,11,17,20H,5,8,22H2,1-4H3,(H,18,19);1H4. The number of rotatable bonds is 4. The molecule has 0 bridgehead atoms. The molecule has 1 aliphatic heterocycles. The van der Waals surface area contributed by atoms with Crippen molar-refractivity contribution in [3.8, 4) is 0 Å². The number of carbonyl (C=O) groups is 1. The lowest BCUT2D eigenvalue weighted by Crippen LogP contribution is -2.51. The Balaban J connectivity index is 0.00000264. The van der Waals surface area contributed by atoms with E-state index in [1.54, 1.807) is 6.07 Å². The van der Waals surface area contributed by atoms with E-state index in [1.807, 2.05) is 6.07 Å². The van der Waals surface area contributed by atoms with Gasteiger partial charge in [-0.3, -0.25) is 10.2 Å². The van der Waals surface area contributed by atoms with Crippen LogP contribution in [0.4, 0.5) is 0 Å². The molecule has 0 aliphatic carbocycles. The molecule has 2 unspecified atom stereocenters. The monoisotopic (exact) mass is 338 g/mol. The normalized spacial score (nSPS) is 15.0. The van der Waals surface area contributed by atoms with Crippen LogP contribution in [0, 0.1) is 5.41 Å². The Bertz CT molecular complexity index is 575. The quantitative estimate of drug-likeness (QED) is 0.437. The number of hydrazine groups is 1. The zero-order valence-electron chi connectivity index (χ0n) is 13.6. The fraction of sp³-hybridized carbons (Fsp3) is 0.562. The summed E-state index contributed by atoms with van der Waals surface area (Å²) in [5.41, 5.74) is 8.06. The van der Waals surface area contributed by atoms with Crippen LogP contribution in [0.3, 0.4) is 0 Å². The van der Waals surface area contributed by atoms with E-state index in [0.29, 0.717) is 22.9 Å². The van der Waals surface area contributed by atoms with Gasteiger partial charge in [0.25, 0.3) is 5.91 Å². The Labute approximate surface area is 141 Å². The molecule has 5 nitrogen and oxygen atoms in total. The molecule has 0 radical (unpaired) electrons. The van der Waals surface area contributed by atoms with Crippen LogP contribution in [0.1, 0.15) is 57.5 Å². The lowest BCUT2D eigenvalue weighted by molar-refractivity contribution is 0.0907. The van der Waals surface area contributed by atoms with Crippen molar-refractivity contribution in [2.24, 2.45) is 5.41 Å². The summed E-state index contributed by atoms with van der Waals surface area (Å²) >= 11 is 0. The third-order valence-corrected chi connectivity index (χ3v) is 4.70. The molecular weight excluding hydrogens is 310 g/mol. The van der Waals surface area contributed by atoms with Crippen molar-refractivity contribution >= 4 is 33.0 Å². The molecule has 1 aromatic carbocycles. The van der Waals surface area contributed by atoms with Gasteiger partial charge < -0.3 is 9.68 Å². The van der Waals surface area contributed by atoms with Crippen LogP contribution in [0.5, 0.6) is 0 Å². The molecule has 1 aliphatic rings. The minimum atomic E-state index is -0.957. The molecule has 1 aromatic rings. The van der Waals surface area contributed by atoms with E-state index in [0.717, 1.165) is 12.0 Å². The fourth-order valence-electron chi connectivity index (χ4n) is 2.70. The van der Waals surface area contributed by atoms with Gasteiger partial charge in [-0.1, -0.05) is 41.2 Å². The zero-order chi connectivity index (χ0) is 16.5. The molecule has 2 atom stereocenters. The van der Waals surface area contributed by atoms with E-state index >= 15 is 0 Å². The van der Waals surface area contributed by atoms with Crippen molar-refractivity contribution in [2.75, 3.05) is 0 Å². The number of carbonyl (C=O) groups excluding carboxylic acids is 1. The largest absolute Gasteiger partial charge is 0.492 e. The van der Waals surface area contributed by atoms with Gasteiger partial charge in [0, 0.05) is 11.6 Å². The Kier molecular flexibility index (Phi) is 6.78. The lowest BCUT2D eigenvalue weighted by atomic mass is 9.78. The van der Waals surface area contributed by atoms with Gasteiger partial charge in [-0.2, -0.15) is 0 Å². The molecule has 0 spiro atoms. The third-order valence-electron chi connectivity index (χ3n) is 4.08. The molecule has 3 N–H and O–H groups in total. The topological polar surface area (TPSA) is 70.6 Å². The highest BCUT2D eigenvalue weighted by Crippen LogP contribution is 2.21. The van der Waals surface area contributed by atoms with Crippen molar-refractivity contribution in [2.45, 2.75) is 54.2 Å². The van der Waals surface area contributed by atoms with Crippen molar-refractivity contribution in [3.05, 3.63) is 23.3 Å². The molecule has 1 amide bonds. The molecule has 7 heteroatoms. The molecule has 0 aromatic heterocycles. The summed E-state index contributed by atoms with van der Waals surface area (Å²) in [6, 6.07) is 3.76. The van der Waals surface area contributed by atoms with Gasteiger partial charge in [0.1, 0.15) is 0 Å². The zero-order valence-corrected chi connectivity index (χ0v) is 14.7. The lowest BCUT2D eigenvalue weighted by Gasteiger charge is -2.30. The van der Waals surface area contributed by atoms with Gasteiger partial charge in [0.15, 0.2) is 0 Å². The summed E-state index contributed by atoms with van der Waals surface area (Å²) in [4.78, 5) is 12.4. The smallest absolute Gasteiger partial charge is 0.423 e.